The van der Waals surface area contributed by atoms with Crippen LogP contribution in [0.3, 0.4) is 0 Å². The van der Waals surface area contributed by atoms with E-state index in [1.54, 1.807) is 12.4 Å². The van der Waals surface area contributed by atoms with Gasteiger partial charge < -0.3 is 11.1 Å². The number of rotatable bonds is 4. The average molecular weight is 191 g/mol. The summed E-state index contributed by atoms with van der Waals surface area (Å²) in [5.41, 5.74) is 7.19. The third-order valence-electron chi connectivity index (χ3n) is 2.87. The summed E-state index contributed by atoms with van der Waals surface area (Å²) in [6, 6.07) is 4.77. The molecule has 0 radical (unpaired) electrons. The summed E-state index contributed by atoms with van der Waals surface area (Å²) in [4.78, 5) is 3.97. The molecule has 0 saturated heterocycles. The fourth-order valence-electron chi connectivity index (χ4n) is 1.63. The zero-order valence-electron chi connectivity index (χ0n) is 8.32. The second-order valence-corrected chi connectivity index (χ2v) is 3.92. The lowest BCUT2D eigenvalue weighted by Crippen LogP contribution is -2.39. The number of nitrogens with zero attached hydrogens (tertiary/aromatic N) is 1. The molecule has 0 aliphatic heterocycles. The van der Waals surface area contributed by atoms with E-state index in [9.17, 15) is 0 Å². The van der Waals surface area contributed by atoms with E-state index in [2.05, 4.69) is 10.3 Å². The van der Waals surface area contributed by atoms with Gasteiger partial charge in [-0.1, -0.05) is 6.42 Å². The molecule has 3 N–H and O–H groups in total. The molecule has 1 heterocycles. The van der Waals surface area contributed by atoms with Gasteiger partial charge in [0.15, 0.2) is 0 Å². The number of nitrogens with two attached hydrogens (primary N) is 1. The smallest absolute Gasteiger partial charge is 0.0422 e. The van der Waals surface area contributed by atoms with Crippen molar-refractivity contribution in [2.45, 2.75) is 31.3 Å². The van der Waals surface area contributed by atoms with Crippen LogP contribution in [0.2, 0.25) is 0 Å². The molecule has 0 amide bonds. The van der Waals surface area contributed by atoms with Crippen LogP contribution in [-0.4, -0.2) is 17.6 Å². The van der Waals surface area contributed by atoms with E-state index < -0.39 is 0 Å². The van der Waals surface area contributed by atoms with Crippen molar-refractivity contribution in [3.05, 3.63) is 30.1 Å². The highest BCUT2D eigenvalue weighted by molar-refractivity contribution is 5.14. The van der Waals surface area contributed by atoms with Gasteiger partial charge in [-0.15, -0.1) is 0 Å². The molecule has 1 aliphatic rings. The van der Waals surface area contributed by atoms with Crippen LogP contribution < -0.4 is 11.1 Å². The van der Waals surface area contributed by atoms with E-state index in [4.69, 9.17) is 5.73 Å². The van der Waals surface area contributed by atoms with Gasteiger partial charge in [0, 0.05) is 31.0 Å². The quantitative estimate of drug-likeness (QED) is 0.752. The standard InChI is InChI=1S/C11H17N3/c12-11(8-14-10-2-1-3-10)9-4-6-13-7-5-9/h4-7,10-11,14H,1-3,8,12H2. The van der Waals surface area contributed by atoms with Crippen LogP contribution in [0.15, 0.2) is 24.5 Å². The Morgan fingerprint density at radius 2 is 2.14 bits per heavy atom. The Morgan fingerprint density at radius 1 is 1.43 bits per heavy atom. The van der Waals surface area contributed by atoms with E-state index in [0.29, 0.717) is 6.04 Å². The lowest BCUT2D eigenvalue weighted by molar-refractivity contribution is 0.333. The first-order valence-corrected chi connectivity index (χ1v) is 5.25. The molecular formula is C11H17N3. The summed E-state index contributed by atoms with van der Waals surface area (Å²) in [7, 11) is 0. The number of hydrogen-bond acceptors (Lipinski definition) is 3. The van der Waals surface area contributed by atoms with Crippen molar-refractivity contribution in [3.63, 3.8) is 0 Å². The van der Waals surface area contributed by atoms with Crippen LogP contribution in [0.25, 0.3) is 0 Å². The van der Waals surface area contributed by atoms with Crippen molar-refractivity contribution in [1.29, 1.82) is 0 Å². The van der Waals surface area contributed by atoms with Crippen molar-refractivity contribution >= 4 is 0 Å². The fraction of sp³-hybridized carbons (Fsp3) is 0.545. The van der Waals surface area contributed by atoms with E-state index in [1.165, 1.54) is 19.3 Å². The molecule has 3 heteroatoms. The van der Waals surface area contributed by atoms with E-state index in [1.807, 2.05) is 12.1 Å². The highest BCUT2D eigenvalue weighted by Gasteiger charge is 2.17. The SMILES string of the molecule is NC(CNC1CCC1)c1ccncc1. The molecule has 14 heavy (non-hydrogen) atoms. The van der Waals surface area contributed by atoms with Crippen LogP contribution >= 0.6 is 0 Å². The third kappa shape index (κ3) is 2.30. The summed E-state index contributed by atoms with van der Waals surface area (Å²) >= 11 is 0. The first kappa shape index (κ1) is 9.62. The van der Waals surface area contributed by atoms with Gasteiger partial charge >= 0.3 is 0 Å². The molecule has 0 aromatic carbocycles. The Bertz CT molecular complexity index is 269. The van der Waals surface area contributed by atoms with Gasteiger partial charge in [-0.05, 0) is 30.5 Å². The fourth-order valence-corrected chi connectivity index (χ4v) is 1.63. The van der Waals surface area contributed by atoms with Gasteiger partial charge in [-0.3, -0.25) is 4.98 Å². The van der Waals surface area contributed by atoms with E-state index in [-0.39, 0.29) is 6.04 Å². The molecule has 0 bridgehead atoms. The molecule has 1 saturated carbocycles. The first-order valence-electron chi connectivity index (χ1n) is 5.25. The summed E-state index contributed by atoms with van der Waals surface area (Å²) in [5, 5.41) is 3.47. The highest BCUT2D eigenvalue weighted by Crippen LogP contribution is 2.18. The van der Waals surface area contributed by atoms with Gasteiger partial charge in [-0.2, -0.15) is 0 Å². The van der Waals surface area contributed by atoms with Crippen molar-refractivity contribution in [2.24, 2.45) is 5.73 Å². The molecule has 0 spiro atoms. The maximum absolute atomic E-state index is 6.03. The molecule has 76 valence electrons. The maximum Gasteiger partial charge on any atom is 0.0422 e. The van der Waals surface area contributed by atoms with Crippen LogP contribution in [0, 0.1) is 0 Å². The van der Waals surface area contributed by atoms with E-state index >= 15 is 0 Å². The van der Waals surface area contributed by atoms with Gasteiger partial charge in [0.25, 0.3) is 0 Å². The zero-order chi connectivity index (χ0) is 9.80. The maximum atomic E-state index is 6.03. The van der Waals surface area contributed by atoms with Gasteiger partial charge in [-0.25, -0.2) is 0 Å². The van der Waals surface area contributed by atoms with Crippen LogP contribution in [-0.2, 0) is 0 Å². The second-order valence-electron chi connectivity index (χ2n) is 3.92. The van der Waals surface area contributed by atoms with Crippen molar-refractivity contribution in [3.8, 4) is 0 Å². The Labute approximate surface area is 84.7 Å². The number of aromatic nitrogens is 1. The Morgan fingerprint density at radius 3 is 2.71 bits per heavy atom. The third-order valence-corrected chi connectivity index (χ3v) is 2.87. The Balaban J connectivity index is 1.80. The van der Waals surface area contributed by atoms with Crippen LogP contribution in [0.4, 0.5) is 0 Å². The molecule has 1 aliphatic carbocycles. The monoisotopic (exact) mass is 191 g/mol. The highest BCUT2D eigenvalue weighted by atomic mass is 14.9. The Kier molecular flexibility index (Phi) is 3.11. The summed E-state index contributed by atoms with van der Waals surface area (Å²) in [5.74, 6) is 0. The summed E-state index contributed by atoms with van der Waals surface area (Å²) in [6.45, 7) is 0.870. The summed E-state index contributed by atoms with van der Waals surface area (Å²) in [6.07, 6.45) is 7.56. The molecule has 2 rings (SSSR count). The largest absolute Gasteiger partial charge is 0.323 e. The first-order chi connectivity index (χ1) is 6.86. The molecule has 1 fully saturated rings. The number of pyridine rings is 1. The van der Waals surface area contributed by atoms with Crippen molar-refractivity contribution < 1.29 is 0 Å². The number of nitrogens with one attached hydrogen (secondary N) is 1. The predicted octanol–water partition coefficient (Wildman–Crippen LogP) is 1.22. The molecule has 1 unspecified atom stereocenters. The molecular weight excluding hydrogens is 174 g/mol. The van der Waals surface area contributed by atoms with Gasteiger partial charge in [0.1, 0.15) is 0 Å². The van der Waals surface area contributed by atoms with Crippen LogP contribution in [0.5, 0.6) is 0 Å². The second kappa shape index (κ2) is 4.53. The minimum Gasteiger partial charge on any atom is -0.323 e. The average Bonchev–Trinajstić information content (AvgIpc) is 2.16. The normalized spacial score (nSPS) is 18.9. The van der Waals surface area contributed by atoms with Gasteiger partial charge in [0.2, 0.25) is 0 Å². The van der Waals surface area contributed by atoms with Crippen molar-refractivity contribution in [2.75, 3.05) is 6.54 Å². The molecule has 1 aromatic heterocycles. The predicted molar refractivity (Wildman–Crippen MR) is 56.8 cm³/mol. The number of hydrogen-bond donors (Lipinski definition) is 2. The summed E-state index contributed by atoms with van der Waals surface area (Å²) < 4.78 is 0. The van der Waals surface area contributed by atoms with Crippen molar-refractivity contribution in [1.82, 2.24) is 10.3 Å². The minimum atomic E-state index is 0.0959. The van der Waals surface area contributed by atoms with E-state index in [0.717, 1.165) is 12.1 Å². The minimum absolute atomic E-state index is 0.0959. The topological polar surface area (TPSA) is 50.9 Å². The lowest BCUT2D eigenvalue weighted by atomic mass is 9.93. The lowest BCUT2D eigenvalue weighted by Gasteiger charge is -2.28. The molecule has 1 aromatic rings. The van der Waals surface area contributed by atoms with Crippen LogP contribution in [0.1, 0.15) is 30.9 Å². The molecule has 1 atom stereocenters. The zero-order valence-corrected chi connectivity index (χ0v) is 8.32. The molecule has 3 nitrogen and oxygen atoms in total. The Hall–Kier alpha value is -0.930. The van der Waals surface area contributed by atoms with Gasteiger partial charge in [0.05, 0.1) is 0 Å².